The van der Waals surface area contributed by atoms with Crippen LogP contribution in [0.15, 0.2) is 17.5 Å². The number of aromatic nitrogens is 1. The number of nitrogens with one attached hydrogen (secondary N) is 1. The molecule has 5 nitrogen and oxygen atoms in total. The van der Waals surface area contributed by atoms with Crippen molar-refractivity contribution in [3.8, 4) is 0 Å². The Labute approximate surface area is 141 Å². The predicted octanol–water partition coefficient (Wildman–Crippen LogP) is 3.05. The lowest BCUT2D eigenvalue weighted by atomic mass is 10.1. The van der Waals surface area contributed by atoms with Crippen molar-refractivity contribution in [2.45, 2.75) is 51.9 Å². The van der Waals surface area contributed by atoms with E-state index in [0.717, 1.165) is 38.2 Å². The highest BCUT2D eigenvalue weighted by Gasteiger charge is 2.23. The van der Waals surface area contributed by atoms with Gasteiger partial charge in [0.2, 0.25) is 5.91 Å². The zero-order valence-electron chi connectivity index (χ0n) is 13.8. The van der Waals surface area contributed by atoms with Gasteiger partial charge in [-0.2, -0.15) is 0 Å². The van der Waals surface area contributed by atoms with Crippen molar-refractivity contribution >= 4 is 22.4 Å². The van der Waals surface area contributed by atoms with Crippen LogP contribution in [0, 0.1) is 5.92 Å². The summed E-state index contributed by atoms with van der Waals surface area (Å²) in [6, 6.07) is 0. The lowest BCUT2D eigenvalue weighted by Gasteiger charge is -2.34. The molecule has 0 bridgehead atoms. The van der Waals surface area contributed by atoms with E-state index >= 15 is 0 Å². The minimum absolute atomic E-state index is 0.0658. The summed E-state index contributed by atoms with van der Waals surface area (Å²) in [7, 11) is 0. The van der Waals surface area contributed by atoms with Crippen molar-refractivity contribution < 1.29 is 9.53 Å². The second kappa shape index (κ2) is 7.55. The molecular weight excluding hydrogens is 310 g/mol. The largest absolute Gasteiger partial charge is 0.373 e. The van der Waals surface area contributed by atoms with Crippen LogP contribution in [0.25, 0.3) is 0 Å². The summed E-state index contributed by atoms with van der Waals surface area (Å²) >= 11 is 1.51. The fraction of sp³-hybridized carbons (Fsp3) is 0.647. The highest BCUT2D eigenvalue weighted by molar-refractivity contribution is 7.13. The molecule has 3 atom stereocenters. The van der Waals surface area contributed by atoms with Crippen LogP contribution in [-0.4, -0.2) is 41.1 Å². The molecule has 1 amide bonds. The quantitative estimate of drug-likeness (QED) is 0.840. The second-order valence-electron chi connectivity index (χ2n) is 6.61. The topological polar surface area (TPSA) is 54.5 Å². The van der Waals surface area contributed by atoms with E-state index in [-0.39, 0.29) is 18.1 Å². The van der Waals surface area contributed by atoms with Crippen molar-refractivity contribution in [2.75, 3.05) is 18.4 Å². The third-order valence-corrected chi connectivity index (χ3v) is 5.05. The molecule has 0 radical (unpaired) electrons. The number of rotatable bonds is 5. The summed E-state index contributed by atoms with van der Waals surface area (Å²) in [5, 5.41) is 5.68. The maximum atomic E-state index is 12.0. The maximum Gasteiger partial charge on any atom is 0.226 e. The summed E-state index contributed by atoms with van der Waals surface area (Å²) in [6.07, 6.45) is 7.56. The first-order valence-corrected chi connectivity index (χ1v) is 9.25. The van der Waals surface area contributed by atoms with Gasteiger partial charge in [0.25, 0.3) is 0 Å². The minimum atomic E-state index is 0.0658. The smallest absolute Gasteiger partial charge is 0.226 e. The molecule has 1 N–H and O–H groups in total. The Balaban J connectivity index is 1.49. The molecule has 1 fully saturated rings. The van der Waals surface area contributed by atoms with Gasteiger partial charge in [0.05, 0.1) is 17.9 Å². The van der Waals surface area contributed by atoms with Crippen LogP contribution in [0.3, 0.4) is 0 Å². The number of hydrogen-bond donors (Lipinski definition) is 1. The molecule has 1 aliphatic carbocycles. The van der Waals surface area contributed by atoms with Gasteiger partial charge < -0.3 is 10.1 Å². The van der Waals surface area contributed by atoms with Crippen molar-refractivity contribution in [3.63, 3.8) is 0 Å². The van der Waals surface area contributed by atoms with E-state index in [2.05, 4.69) is 41.2 Å². The highest BCUT2D eigenvalue weighted by atomic mass is 32.1. The van der Waals surface area contributed by atoms with E-state index < -0.39 is 0 Å². The summed E-state index contributed by atoms with van der Waals surface area (Å²) in [5.41, 5.74) is 1.02. The molecule has 0 saturated carbocycles. The summed E-state index contributed by atoms with van der Waals surface area (Å²) in [4.78, 5) is 19.0. The monoisotopic (exact) mass is 335 g/mol. The lowest BCUT2D eigenvalue weighted by Crippen LogP contribution is -2.44. The first kappa shape index (κ1) is 16.6. The van der Waals surface area contributed by atoms with Crippen LogP contribution in [0.2, 0.25) is 0 Å². The highest BCUT2D eigenvalue weighted by Crippen LogP contribution is 2.23. The van der Waals surface area contributed by atoms with Crippen molar-refractivity contribution in [1.82, 2.24) is 9.88 Å². The molecule has 126 valence electrons. The number of carbonyl (C=O) groups is 1. The average Bonchev–Trinajstić information content (AvgIpc) is 3.10. The first-order chi connectivity index (χ1) is 11.1. The van der Waals surface area contributed by atoms with Gasteiger partial charge in [-0.15, -0.1) is 11.3 Å². The fourth-order valence-electron chi connectivity index (χ4n) is 3.35. The predicted molar refractivity (Wildman–Crippen MR) is 92.5 cm³/mol. The summed E-state index contributed by atoms with van der Waals surface area (Å²) < 4.78 is 5.75. The molecule has 6 heteroatoms. The molecule has 1 aromatic rings. The molecule has 1 saturated heterocycles. The zero-order chi connectivity index (χ0) is 16.2. The SMILES string of the molecule is CC1CN(Cc2csc(NC(=O)CC3C=CCC3)n2)CC(C)O1. The molecule has 1 aromatic heterocycles. The third-order valence-electron chi connectivity index (χ3n) is 4.24. The second-order valence-corrected chi connectivity index (χ2v) is 7.47. The molecule has 0 spiro atoms. The number of amides is 1. The van der Waals surface area contributed by atoms with Gasteiger partial charge in [-0.3, -0.25) is 9.69 Å². The van der Waals surface area contributed by atoms with Gasteiger partial charge in [0.15, 0.2) is 5.13 Å². The van der Waals surface area contributed by atoms with Crippen LogP contribution in [-0.2, 0) is 16.1 Å². The number of allylic oxidation sites excluding steroid dienone is 2. The van der Waals surface area contributed by atoms with Crippen molar-refractivity contribution in [3.05, 3.63) is 23.2 Å². The number of nitrogens with zero attached hydrogens (tertiary/aromatic N) is 2. The molecular formula is C17H25N3O2S. The van der Waals surface area contributed by atoms with Crippen LogP contribution in [0.4, 0.5) is 5.13 Å². The summed E-state index contributed by atoms with van der Waals surface area (Å²) in [5.74, 6) is 0.460. The third kappa shape index (κ3) is 4.86. The van der Waals surface area contributed by atoms with Crippen molar-refractivity contribution in [1.29, 1.82) is 0 Å². The Morgan fingerprint density at radius 3 is 2.91 bits per heavy atom. The molecule has 2 aliphatic rings. The van der Waals surface area contributed by atoms with Crippen LogP contribution < -0.4 is 5.32 Å². The number of thiazole rings is 1. The lowest BCUT2D eigenvalue weighted by molar-refractivity contribution is -0.116. The maximum absolute atomic E-state index is 12.0. The number of carbonyl (C=O) groups excluding carboxylic acids is 1. The van der Waals surface area contributed by atoms with Crippen LogP contribution >= 0.6 is 11.3 Å². The number of anilines is 1. The Bertz CT molecular complexity index is 562. The molecule has 3 rings (SSSR count). The first-order valence-electron chi connectivity index (χ1n) is 8.37. The number of ether oxygens (including phenoxy) is 1. The molecule has 23 heavy (non-hydrogen) atoms. The van der Waals surface area contributed by atoms with E-state index in [0.29, 0.717) is 17.5 Å². The van der Waals surface area contributed by atoms with Crippen LogP contribution in [0.5, 0.6) is 0 Å². The van der Waals surface area contributed by atoms with Gasteiger partial charge in [-0.25, -0.2) is 4.98 Å². The van der Waals surface area contributed by atoms with E-state index in [4.69, 9.17) is 4.74 Å². The van der Waals surface area contributed by atoms with Gasteiger partial charge in [-0.1, -0.05) is 12.2 Å². The summed E-state index contributed by atoms with van der Waals surface area (Å²) in [6.45, 7) is 6.88. The molecule has 2 heterocycles. The van der Waals surface area contributed by atoms with Crippen LogP contribution in [0.1, 0.15) is 38.8 Å². The number of hydrogen-bond acceptors (Lipinski definition) is 5. The van der Waals surface area contributed by atoms with Gasteiger partial charge in [0.1, 0.15) is 0 Å². The Morgan fingerprint density at radius 1 is 1.43 bits per heavy atom. The zero-order valence-corrected chi connectivity index (χ0v) is 14.6. The molecule has 3 unspecified atom stereocenters. The average molecular weight is 335 g/mol. The van der Waals surface area contributed by atoms with Crippen molar-refractivity contribution in [2.24, 2.45) is 5.92 Å². The molecule has 1 aliphatic heterocycles. The van der Waals surface area contributed by atoms with E-state index in [9.17, 15) is 4.79 Å². The standard InChI is InChI=1S/C17H25N3O2S/c1-12-8-20(9-13(2)22-12)10-15-11-23-17(18-15)19-16(21)7-14-5-3-4-6-14/h3,5,11-14H,4,6-10H2,1-2H3,(H,18,19,21). The fourth-order valence-corrected chi connectivity index (χ4v) is 4.07. The number of morpholine rings is 1. The van der Waals surface area contributed by atoms with E-state index in [1.165, 1.54) is 11.3 Å². The Kier molecular flexibility index (Phi) is 5.46. The van der Waals surface area contributed by atoms with E-state index in [1.807, 2.05) is 5.38 Å². The Hall–Kier alpha value is -1.24. The normalized spacial score (nSPS) is 28.2. The van der Waals surface area contributed by atoms with Gasteiger partial charge in [-0.05, 0) is 32.6 Å². The molecule has 0 aromatic carbocycles. The minimum Gasteiger partial charge on any atom is -0.373 e. The van der Waals surface area contributed by atoms with E-state index in [1.54, 1.807) is 0 Å². The van der Waals surface area contributed by atoms with Gasteiger partial charge in [0, 0.05) is 31.4 Å². The Morgan fingerprint density at radius 2 is 2.22 bits per heavy atom. The van der Waals surface area contributed by atoms with Gasteiger partial charge >= 0.3 is 0 Å².